The van der Waals surface area contributed by atoms with Crippen LogP contribution in [0, 0.1) is 0 Å². The van der Waals surface area contributed by atoms with Crippen molar-refractivity contribution >= 4 is 0 Å². The van der Waals surface area contributed by atoms with Crippen LogP contribution >= 0.6 is 0 Å². The molecule has 1 fully saturated rings. The monoisotopic (exact) mass is 244 g/mol. The number of alkyl halides is 8. The maximum Gasteiger partial charge on any atom is 0.381 e. The Hall–Kier alpha value is -0.600. The lowest BCUT2D eigenvalue weighted by Gasteiger charge is -2.29. The Labute approximate surface area is 77.7 Å². The van der Waals surface area contributed by atoms with Crippen LogP contribution in [0.4, 0.5) is 35.1 Å². The Morgan fingerprint density at radius 2 is 0.800 bits per heavy atom. The molecule has 0 aliphatic heterocycles. The molecule has 0 aromatic carbocycles. The molecule has 9 heteroatoms. The molecule has 0 aromatic heterocycles. The van der Waals surface area contributed by atoms with Crippen molar-refractivity contribution in [3.63, 3.8) is 0 Å². The molecule has 0 heterocycles. The van der Waals surface area contributed by atoms with Crippen molar-refractivity contribution in [1.29, 1.82) is 0 Å². The summed E-state index contributed by atoms with van der Waals surface area (Å²) in [5.74, 6) is -24.5. The third-order valence-corrected chi connectivity index (χ3v) is 2.41. The van der Waals surface area contributed by atoms with Gasteiger partial charge in [0.05, 0.1) is 0 Å². The minimum Gasteiger partial charge on any atom is -0.378 e. The van der Waals surface area contributed by atoms with Crippen LogP contribution in [0.3, 0.4) is 0 Å². The Morgan fingerprint density at radius 1 is 0.600 bits per heavy atom. The van der Waals surface area contributed by atoms with Crippen molar-refractivity contribution in [3.8, 4) is 0 Å². The molecule has 0 unspecified atom stereocenters. The quantitative estimate of drug-likeness (QED) is 0.648. The lowest BCUT2D eigenvalue weighted by molar-refractivity contribution is -0.303. The van der Waals surface area contributed by atoms with Gasteiger partial charge in [0.15, 0.2) is 0 Å². The van der Waals surface area contributed by atoms with Gasteiger partial charge in [-0.05, 0) is 6.92 Å². The minimum atomic E-state index is -6.31. The van der Waals surface area contributed by atoms with Gasteiger partial charge in [0.25, 0.3) is 0 Å². The zero-order chi connectivity index (χ0) is 12.5. The summed E-state index contributed by atoms with van der Waals surface area (Å²) in [5.41, 5.74) is -4.81. The second-order valence-electron chi connectivity index (χ2n) is 3.37. The summed E-state index contributed by atoms with van der Waals surface area (Å²) >= 11 is 0. The van der Waals surface area contributed by atoms with E-state index in [9.17, 15) is 35.1 Å². The van der Waals surface area contributed by atoms with Gasteiger partial charge in [-0.3, -0.25) is 0 Å². The van der Waals surface area contributed by atoms with Gasteiger partial charge in [0, 0.05) is 0 Å². The van der Waals surface area contributed by atoms with Crippen molar-refractivity contribution < 1.29 is 40.2 Å². The van der Waals surface area contributed by atoms with E-state index in [2.05, 4.69) is 0 Å². The highest BCUT2D eigenvalue weighted by Crippen LogP contribution is 2.67. The standard InChI is InChI=1S/C6H4F8O/c1-2(15)3(7,8)5(11,12)6(13,14)4(2,9)10/h15H,1H3. The van der Waals surface area contributed by atoms with Crippen LogP contribution in [-0.4, -0.2) is 34.4 Å². The maximum absolute atomic E-state index is 12.5. The summed E-state index contributed by atoms with van der Waals surface area (Å²) in [4.78, 5) is 0. The molecule has 90 valence electrons. The molecular formula is C6H4F8O. The highest BCUT2D eigenvalue weighted by molar-refractivity contribution is 5.24. The largest absolute Gasteiger partial charge is 0.381 e. The average molecular weight is 244 g/mol. The van der Waals surface area contributed by atoms with Gasteiger partial charge in [-0.1, -0.05) is 0 Å². The second kappa shape index (κ2) is 2.38. The average Bonchev–Trinajstić information content (AvgIpc) is 2.04. The van der Waals surface area contributed by atoms with Crippen molar-refractivity contribution in [2.75, 3.05) is 0 Å². The summed E-state index contributed by atoms with van der Waals surface area (Å²) < 4.78 is 99.5. The van der Waals surface area contributed by atoms with E-state index in [0.29, 0.717) is 0 Å². The minimum absolute atomic E-state index is 0.457. The predicted molar refractivity (Wildman–Crippen MR) is 30.4 cm³/mol. The first-order chi connectivity index (χ1) is 6.25. The van der Waals surface area contributed by atoms with E-state index in [0.717, 1.165) is 0 Å². The molecule has 0 atom stereocenters. The number of halogens is 8. The normalized spacial score (nSPS) is 34.0. The van der Waals surface area contributed by atoms with Crippen LogP contribution < -0.4 is 0 Å². The van der Waals surface area contributed by atoms with Crippen LogP contribution in [0.25, 0.3) is 0 Å². The van der Waals surface area contributed by atoms with Gasteiger partial charge < -0.3 is 5.11 Å². The number of rotatable bonds is 0. The molecule has 0 aromatic rings. The maximum atomic E-state index is 12.5. The number of hydrogen-bond donors (Lipinski definition) is 1. The van der Waals surface area contributed by atoms with Crippen LogP contribution in [0.1, 0.15) is 6.92 Å². The summed E-state index contributed by atoms with van der Waals surface area (Å²) in [7, 11) is 0. The molecule has 1 N–H and O–H groups in total. The summed E-state index contributed by atoms with van der Waals surface area (Å²) in [6, 6.07) is 0. The molecule has 1 nitrogen and oxygen atoms in total. The van der Waals surface area contributed by atoms with Crippen molar-refractivity contribution in [3.05, 3.63) is 0 Å². The molecule has 0 bridgehead atoms. The van der Waals surface area contributed by atoms with Gasteiger partial charge in [0.2, 0.25) is 5.60 Å². The molecule has 1 saturated carbocycles. The van der Waals surface area contributed by atoms with Gasteiger partial charge >= 0.3 is 23.7 Å². The first kappa shape index (κ1) is 12.5. The zero-order valence-corrected chi connectivity index (χ0v) is 6.97. The van der Waals surface area contributed by atoms with E-state index in [-0.39, 0.29) is 0 Å². The van der Waals surface area contributed by atoms with Crippen LogP contribution in [0.2, 0.25) is 0 Å². The topological polar surface area (TPSA) is 20.2 Å². The lowest BCUT2D eigenvalue weighted by atomic mass is 9.98. The smallest absolute Gasteiger partial charge is 0.378 e. The number of hydrogen-bond acceptors (Lipinski definition) is 1. The third-order valence-electron chi connectivity index (χ3n) is 2.41. The summed E-state index contributed by atoms with van der Waals surface area (Å²) in [6.45, 7) is -0.457. The molecule has 0 saturated heterocycles. The first-order valence-corrected chi connectivity index (χ1v) is 3.49. The molecule has 1 aliphatic carbocycles. The highest BCUT2D eigenvalue weighted by atomic mass is 19.4. The Balaban J connectivity index is 3.55. The van der Waals surface area contributed by atoms with E-state index < -0.39 is 36.2 Å². The predicted octanol–water partition coefficient (Wildman–Crippen LogP) is 2.29. The van der Waals surface area contributed by atoms with E-state index in [4.69, 9.17) is 5.11 Å². The van der Waals surface area contributed by atoms with E-state index in [1.54, 1.807) is 0 Å². The Bertz CT molecular complexity index is 204. The zero-order valence-electron chi connectivity index (χ0n) is 6.97. The summed E-state index contributed by atoms with van der Waals surface area (Å²) in [6.07, 6.45) is 0. The molecule has 15 heavy (non-hydrogen) atoms. The highest BCUT2D eigenvalue weighted by Gasteiger charge is 2.98. The number of aliphatic hydroxyl groups is 1. The molecule has 1 aliphatic rings. The van der Waals surface area contributed by atoms with Gasteiger partial charge in [-0.2, -0.15) is 35.1 Å². The van der Waals surface area contributed by atoms with E-state index >= 15 is 0 Å². The fourth-order valence-electron chi connectivity index (χ4n) is 1.20. The van der Waals surface area contributed by atoms with Crippen molar-refractivity contribution in [1.82, 2.24) is 0 Å². The van der Waals surface area contributed by atoms with Crippen LogP contribution in [0.5, 0.6) is 0 Å². The van der Waals surface area contributed by atoms with Gasteiger partial charge in [0.1, 0.15) is 0 Å². The second-order valence-corrected chi connectivity index (χ2v) is 3.37. The van der Waals surface area contributed by atoms with Crippen LogP contribution in [-0.2, 0) is 0 Å². The molecular weight excluding hydrogens is 240 g/mol. The molecule has 1 rings (SSSR count). The molecule has 0 spiro atoms. The molecule has 0 radical (unpaired) electrons. The van der Waals surface area contributed by atoms with Crippen molar-refractivity contribution in [2.45, 2.75) is 36.2 Å². The fourth-order valence-corrected chi connectivity index (χ4v) is 1.20. The van der Waals surface area contributed by atoms with Gasteiger partial charge in [-0.15, -0.1) is 0 Å². The Morgan fingerprint density at radius 3 is 0.867 bits per heavy atom. The molecule has 0 amide bonds. The SMILES string of the molecule is CC1(O)C(F)(F)C(F)(F)C(F)(F)C1(F)F. The van der Waals surface area contributed by atoms with Gasteiger partial charge in [-0.25, -0.2) is 0 Å². The Kier molecular flexibility index (Phi) is 1.98. The summed E-state index contributed by atoms with van der Waals surface area (Å²) in [5, 5.41) is 8.46. The van der Waals surface area contributed by atoms with Crippen LogP contribution in [0.15, 0.2) is 0 Å². The first-order valence-electron chi connectivity index (χ1n) is 3.49. The third kappa shape index (κ3) is 0.883. The fraction of sp³-hybridized carbons (Fsp3) is 1.00. The lowest BCUT2D eigenvalue weighted by Crippen LogP contribution is -2.55. The van der Waals surface area contributed by atoms with E-state index in [1.165, 1.54) is 0 Å². The van der Waals surface area contributed by atoms with Crippen molar-refractivity contribution in [2.24, 2.45) is 0 Å². The van der Waals surface area contributed by atoms with E-state index in [1.807, 2.05) is 0 Å².